The Morgan fingerprint density at radius 2 is 1.90 bits per heavy atom. The second kappa shape index (κ2) is 9.62. The summed E-state index contributed by atoms with van der Waals surface area (Å²) in [5, 5.41) is 16.1. The number of aliphatic carboxylic acids is 1. The van der Waals surface area contributed by atoms with Crippen LogP contribution in [-0.4, -0.2) is 52.5 Å². The number of aromatic nitrogens is 2. The van der Waals surface area contributed by atoms with E-state index in [-0.39, 0.29) is 5.91 Å². The summed E-state index contributed by atoms with van der Waals surface area (Å²) in [6.45, 7) is 0.656. The number of benzene rings is 2. The van der Waals surface area contributed by atoms with Crippen LogP contribution in [-0.2, 0) is 9.59 Å². The molecule has 0 aliphatic rings. The zero-order valence-corrected chi connectivity index (χ0v) is 16.7. The maximum atomic E-state index is 12.1. The van der Waals surface area contributed by atoms with Gasteiger partial charge in [-0.3, -0.25) is 4.79 Å². The van der Waals surface area contributed by atoms with Crippen LogP contribution >= 0.6 is 0 Å². The molecule has 1 heterocycles. The van der Waals surface area contributed by atoms with Gasteiger partial charge in [0, 0.05) is 23.7 Å². The number of carboxylic acids is 1. The molecule has 0 saturated carbocycles. The smallest absolute Gasteiger partial charge is 0.330 e. The zero-order chi connectivity index (χ0) is 21.5. The van der Waals surface area contributed by atoms with Crippen LogP contribution in [0.5, 0.6) is 0 Å². The van der Waals surface area contributed by atoms with E-state index in [4.69, 9.17) is 0 Å². The van der Waals surface area contributed by atoms with Gasteiger partial charge in [0.1, 0.15) is 12.1 Å². The highest BCUT2D eigenvalue weighted by Crippen LogP contribution is 2.27. The minimum Gasteiger partial charge on any atom is -0.479 e. The summed E-state index contributed by atoms with van der Waals surface area (Å²) < 4.78 is 0. The molecule has 154 valence electrons. The highest BCUT2D eigenvalue weighted by Gasteiger charge is 2.21. The number of likely N-dealkylation sites (N-methyl/N-ethyl adjacent to an activating group) is 1. The van der Waals surface area contributed by atoms with Gasteiger partial charge in [-0.2, -0.15) is 0 Å². The van der Waals surface area contributed by atoms with Crippen LogP contribution in [0.1, 0.15) is 11.6 Å². The number of rotatable bonds is 8. The van der Waals surface area contributed by atoms with E-state index in [1.165, 1.54) is 12.4 Å². The third-order valence-corrected chi connectivity index (χ3v) is 4.30. The maximum Gasteiger partial charge on any atom is 0.330 e. The Hall–Kier alpha value is -3.78. The first kappa shape index (κ1) is 20.9. The van der Waals surface area contributed by atoms with Crippen LogP contribution in [0.2, 0.25) is 0 Å². The molecule has 3 N–H and O–H groups in total. The predicted octanol–water partition coefficient (Wildman–Crippen LogP) is 2.92. The standard InChI is InChI=1S/C22H23N5O3/c1-27(2)12-6-9-19(28)25-16-10-11-18-17(13-16)21(24-14-23-18)26-20(22(29)30)15-7-4-3-5-8-15/h3-11,13-14,20H,12H2,1-2H3,(H,25,28)(H,29,30)(H,23,24,26)/b9-6+/t20-/m0/s1. The summed E-state index contributed by atoms with van der Waals surface area (Å²) in [6, 6.07) is 13.1. The lowest BCUT2D eigenvalue weighted by molar-refractivity contribution is -0.138. The SMILES string of the molecule is CN(C)C/C=C/C(=O)Nc1ccc2ncnc(N[C@H](C(=O)O)c3ccccc3)c2c1. The van der Waals surface area contributed by atoms with Crippen molar-refractivity contribution >= 4 is 34.3 Å². The van der Waals surface area contributed by atoms with Crippen LogP contribution in [0.15, 0.2) is 67.0 Å². The first-order chi connectivity index (χ1) is 14.4. The average molecular weight is 405 g/mol. The van der Waals surface area contributed by atoms with Crippen molar-refractivity contribution in [2.75, 3.05) is 31.3 Å². The van der Waals surface area contributed by atoms with E-state index in [0.717, 1.165) is 0 Å². The highest BCUT2D eigenvalue weighted by molar-refractivity contribution is 6.01. The normalized spacial score (nSPS) is 12.2. The van der Waals surface area contributed by atoms with Crippen LogP contribution in [0.25, 0.3) is 10.9 Å². The van der Waals surface area contributed by atoms with Crippen molar-refractivity contribution in [2.45, 2.75) is 6.04 Å². The van der Waals surface area contributed by atoms with Crippen molar-refractivity contribution in [3.63, 3.8) is 0 Å². The third kappa shape index (κ3) is 5.39. The van der Waals surface area contributed by atoms with Gasteiger partial charge in [0.15, 0.2) is 6.04 Å². The molecule has 8 nitrogen and oxygen atoms in total. The monoisotopic (exact) mass is 405 g/mol. The van der Waals surface area contributed by atoms with Crippen molar-refractivity contribution in [2.24, 2.45) is 0 Å². The number of anilines is 2. The summed E-state index contributed by atoms with van der Waals surface area (Å²) in [5.74, 6) is -0.908. The van der Waals surface area contributed by atoms with Gasteiger partial charge in [-0.05, 0) is 37.9 Å². The van der Waals surface area contributed by atoms with Crippen LogP contribution in [0, 0.1) is 0 Å². The first-order valence-corrected chi connectivity index (χ1v) is 9.35. The molecule has 0 radical (unpaired) electrons. The van der Waals surface area contributed by atoms with Gasteiger partial charge in [-0.25, -0.2) is 14.8 Å². The Morgan fingerprint density at radius 3 is 2.60 bits per heavy atom. The predicted molar refractivity (Wildman–Crippen MR) is 116 cm³/mol. The molecule has 30 heavy (non-hydrogen) atoms. The molecule has 0 saturated heterocycles. The number of nitrogens with one attached hydrogen (secondary N) is 2. The van der Waals surface area contributed by atoms with Crippen molar-refractivity contribution < 1.29 is 14.7 Å². The van der Waals surface area contributed by atoms with Crippen LogP contribution in [0.4, 0.5) is 11.5 Å². The molecule has 0 bridgehead atoms. The Morgan fingerprint density at radius 1 is 1.13 bits per heavy atom. The van der Waals surface area contributed by atoms with Crippen LogP contribution < -0.4 is 10.6 Å². The van der Waals surface area contributed by atoms with Crippen LogP contribution in [0.3, 0.4) is 0 Å². The van der Waals surface area contributed by atoms with Gasteiger partial charge in [-0.15, -0.1) is 0 Å². The van der Waals surface area contributed by atoms with Crippen molar-refractivity contribution in [3.8, 4) is 0 Å². The van der Waals surface area contributed by atoms with Gasteiger partial charge in [0.2, 0.25) is 5.91 Å². The van der Waals surface area contributed by atoms with E-state index in [2.05, 4.69) is 20.6 Å². The lowest BCUT2D eigenvalue weighted by Crippen LogP contribution is -2.21. The number of carbonyl (C=O) groups is 2. The fraction of sp³-hybridized carbons (Fsp3) is 0.182. The summed E-state index contributed by atoms with van der Waals surface area (Å²) in [6.07, 6.45) is 4.61. The zero-order valence-electron chi connectivity index (χ0n) is 16.7. The number of fused-ring (bicyclic) bond motifs is 1. The molecule has 3 aromatic rings. The van der Waals surface area contributed by atoms with Gasteiger partial charge in [-0.1, -0.05) is 36.4 Å². The third-order valence-electron chi connectivity index (χ3n) is 4.30. The number of carboxylic acid groups (broad SMARTS) is 1. The molecule has 0 aliphatic heterocycles. The second-order valence-electron chi connectivity index (χ2n) is 6.93. The number of nitrogens with zero attached hydrogens (tertiary/aromatic N) is 3. The number of hydrogen-bond donors (Lipinski definition) is 3. The molecular formula is C22H23N5O3. The van der Waals surface area contributed by atoms with Gasteiger partial charge in [0.05, 0.1) is 5.52 Å². The number of amides is 1. The Labute approximate surface area is 174 Å². The molecule has 3 rings (SSSR count). The lowest BCUT2D eigenvalue weighted by atomic mass is 10.1. The Kier molecular flexibility index (Phi) is 6.71. The molecule has 1 atom stereocenters. The highest BCUT2D eigenvalue weighted by atomic mass is 16.4. The minimum atomic E-state index is -1.02. The van der Waals surface area contributed by atoms with Gasteiger partial charge >= 0.3 is 5.97 Å². The number of hydrogen-bond acceptors (Lipinski definition) is 6. The van der Waals surface area contributed by atoms with E-state index in [9.17, 15) is 14.7 Å². The molecular weight excluding hydrogens is 382 g/mol. The van der Waals surface area contributed by atoms with E-state index in [0.29, 0.717) is 34.5 Å². The molecule has 2 aromatic carbocycles. The minimum absolute atomic E-state index is 0.254. The maximum absolute atomic E-state index is 12.1. The van der Waals surface area contributed by atoms with Crippen molar-refractivity contribution in [1.29, 1.82) is 0 Å². The van der Waals surface area contributed by atoms with E-state index < -0.39 is 12.0 Å². The van der Waals surface area contributed by atoms with E-state index in [1.807, 2.05) is 25.1 Å². The Bertz CT molecular complexity index is 1070. The fourth-order valence-corrected chi connectivity index (χ4v) is 2.87. The molecule has 1 amide bonds. The summed E-state index contributed by atoms with van der Waals surface area (Å²) >= 11 is 0. The van der Waals surface area contributed by atoms with E-state index >= 15 is 0 Å². The fourth-order valence-electron chi connectivity index (χ4n) is 2.87. The number of carbonyl (C=O) groups excluding carboxylic acids is 1. The average Bonchev–Trinajstić information content (AvgIpc) is 2.72. The molecule has 0 fully saturated rings. The summed E-state index contributed by atoms with van der Waals surface area (Å²) in [5.41, 5.74) is 1.80. The molecule has 1 aromatic heterocycles. The van der Waals surface area contributed by atoms with Crippen molar-refractivity contribution in [3.05, 3.63) is 72.6 Å². The van der Waals surface area contributed by atoms with Crippen molar-refractivity contribution in [1.82, 2.24) is 14.9 Å². The van der Waals surface area contributed by atoms with E-state index in [1.54, 1.807) is 48.5 Å². The first-order valence-electron chi connectivity index (χ1n) is 9.35. The molecule has 0 aliphatic carbocycles. The molecule has 0 unspecified atom stereocenters. The van der Waals surface area contributed by atoms with Gasteiger partial charge < -0.3 is 20.6 Å². The second-order valence-corrected chi connectivity index (χ2v) is 6.93. The topological polar surface area (TPSA) is 107 Å². The largest absolute Gasteiger partial charge is 0.479 e. The quantitative estimate of drug-likeness (QED) is 0.495. The lowest BCUT2D eigenvalue weighted by Gasteiger charge is -2.17. The molecule has 0 spiro atoms. The molecule has 8 heteroatoms. The Balaban J connectivity index is 1.87. The van der Waals surface area contributed by atoms with Gasteiger partial charge in [0.25, 0.3) is 0 Å². The summed E-state index contributed by atoms with van der Waals surface area (Å²) in [7, 11) is 3.83. The summed E-state index contributed by atoms with van der Waals surface area (Å²) in [4.78, 5) is 34.3.